The molecule has 0 bridgehead atoms. The number of hydrogen-bond donors (Lipinski definition) is 1. The van der Waals surface area contributed by atoms with E-state index in [1.807, 2.05) is 17.9 Å². The molecule has 1 unspecified atom stereocenters. The molecule has 1 atom stereocenters. The van der Waals surface area contributed by atoms with Crippen LogP contribution < -0.4 is 5.73 Å². The average molecular weight is 223 g/mol. The van der Waals surface area contributed by atoms with Gasteiger partial charge in [-0.3, -0.25) is 4.68 Å². The molecule has 1 aliphatic rings. The van der Waals surface area contributed by atoms with Crippen LogP contribution in [0.3, 0.4) is 0 Å². The van der Waals surface area contributed by atoms with Crippen molar-refractivity contribution in [2.75, 3.05) is 13.2 Å². The van der Waals surface area contributed by atoms with E-state index in [0.29, 0.717) is 5.92 Å². The third-order valence-corrected chi connectivity index (χ3v) is 3.60. The van der Waals surface area contributed by atoms with Crippen LogP contribution in [-0.2, 0) is 11.8 Å². The molecule has 0 aliphatic carbocycles. The predicted molar refractivity (Wildman–Crippen MR) is 63.0 cm³/mol. The van der Waals surface area contributed by atoms with Crippen LogP contribution in [0.25, 0.3) is 0 Å². The van der Waals surface area contributed by atoms with Crippen LogP contribution in [0.2, 0.25) is 0 Å². The summed E-state index contributed by atoms with van der Waals surface area (Å²) in [7, 11) is 1.96. The van der Waals surface area contributed by atoms with Crippen LogP contribution in [0.5, 0.6) is 0 Å². The molecule has 4 nitrogen and oxygen atoms in total. The van der Waals surface area contributed by atoms with Gasteiger partial charge in [0.1, 0.15) is 0 Å². The maximum Gasteiger partial charge on any atom is 0.0540 e. The fourth-order valence-electron chi connectivity index (χ4n) is 2.35. The lowest BCUT2D eigenvalue weighted by Gasteiger charge is -2.24. The zero-order chi connectivity index (χ0) is 11.5. The molecule has 1 saturated heterocycles. The molecule has 2 N–H and O–H groups in total. The number of rotatable bonds is 3. The lowest BCUT2D eigenvalue weighted by molar-refractivity contribution is 0.0618. The van der Waals surface area contributed by atoms with E-state index in [-0.39, 0.29) is 6.04 Å². The summed E-state index contributed by atoms with van der Waals surface area (Å²) in [4.78, 5) is 0. The molecular weight excluding hydrogens is 202 g/mol. The quantitative estimate of drug-likeness (QED) is 0.845. The second kappa shape index (κ2) is 4.97. The predicted octanol–water partition coefficient (Wildman–Crippen LogP) is 1.55. The Hall–Kier alpha value is -0.870. The largest absolute Gasteiger partial charge is 0.381 e. The summed E-state index contributed by atoms with van der Waals surface area (Å²) in [5.41, 5.74) is 8.61. The number of aromatic nitrogens is 2. The first-order valence-electron chi connectivity index (χ1n) is 6.00. The minimum absolute atomic E-state index is 0.122. The van der Waals surface area contributed by atoms with Gasteiger partial charge in [-0.2, -0.15) is 5.10 Å². The summed E-state index contributed by atoms with van der Waals surface area (Å²) in [5.74, 6) is 0.711. The molecule has 1 aromatic rings. The zero-order valence-electron chi connectivity index (χ0n) is 10.1. The van der Waals surface area contributed by atoms with E-state index in [1.54, 1.807) is 0 Å². The summed E-state index contributed by atoms with van der Waals surface area (Å²) in [6.45, 7) is 3.86. The Bertz CT molecular complexity index is 342. The van der Waals surface area contributed by atoms with Gasteiger partial charge in [0.05, 0.1) is 6.20 Å². The van der Waals surface area contributed by atoms with Gasteiger partial charge >= 0.3 is 0 Å². The molecule has 16 heavy (non-hydrogen) atoms. The lowest BCUT2D eigenvalue weighted by Crippen LogP contribution is -2.21. The molecule has 1 fully saturated rings. The van der Waals surface area contributed by atoms with Crippen LogP contribution in [0.15, 0.2) is 6.20 Å². The Kier molecular flexibility index (Phi) is 3.61. The molecule has 90 valence electrons. The van der Waals surface area contributed by atoms with Gasteiger partial charge in [-0.1, -0.05) is 0 Å². The highest BCUT2D eigenvalue weighted by atomic mass is 16.5. The summed E-state index contributed by atoms with van der Waals surface area (Å²) in [6.07, 6.45) is 5.25. The summed E-state index contributed by atoms with van der Waals surface area (Å²) < 4.78 is 7.25. The topological polar surface area (TPSA) is 53.1 Å². The zero-order valence-corrected chi connectivity index (χ0v) is 10.1. The highest BCUT2D eigenvalue weighted by molar-refractivity contribution is 5.20. The van der Waals surface area contributed by atoms with E-state index in [9.17, 15) is 0 Å². The van der Waals surface area contributed by atoms with E-state index in [1.165, 1.54) is 11.3 Å². The molecule has 0 saturated carbocycles. The third-order valence-electron chi connectivity index (χ3n) is 3.60. The normalized spacial score (nSPS) is 19.9. The number of nitrogens with two attached hydrogens (primary N) is 1. The van der Waals surface area contributed by atoms with Gasteiger partial charge in [0.25, 0.3) is 0 Å². The first-order valence-corrected chi connectivity index (χ1v) is 6.00. The molecule has 0 radical (unpaired) electrons. The molecular formula is C12H21N3O. The van der Waals surface area contributed by atoms with Crippen LogP contribution in [-0.4, -0.2) is 23.0 Å². The smallest absolute Gasteiger partial charge is 0.0540 e. The average Bonchev–Trinajstić information content (AvgIpc) is 2.61. The molecule has 1 aromatic heterocycles. The minimum atomic E-state index is 0.122. The first-order chi connectivity index (χ1) is 7.68. The molecule has 0 amide bonds. The molecule has 2 rings (SSSR count). The highest BCUT2D eigenvalue weighted by Gasteiger charge is 2.20. The van der Waals surface area contributed by atoms with Gasteiger partial charge in [0.2, 0.25) is 0 Å². The summed E-state index contributed by atoms with van der Waals surface area (Å²) >= 11 is 0. The first kappa shape index (κ1) is 11.6. The van der Waals surface area contributed by atoms with Crippen molar-refractivity contribution in [2.24, 2.45) is 18.7 Å². The Morgan fingerprint density at radius 2 is 2.25 bits per heavy atom. The lowest BCUT2D eigenvalue weighted by atomic mass is 9.90. The van der Waals surface area contributed by atoms with Gasteiger partial charge in [-0.25, -0.2) is 0 Å². The van der Waals surface area contributed by atoms with E-state index in [2.05, 4.69) is 12.0 Å². The van der Waals surface area contributed by atoms with Crippen molar-refractivity contribution in [3.05, 3.63) is 17.5 Å². The van der Waals surface area contributed by atoms with Crippen molar-refractivity contribution in [2.45, 2.75) is 32.2 Å². The minimum Gasteiger partial charge on any atom is -0.381 e. The van der Waals surface area contributed by atoms with E-state index >= 15 is 0 Å². The molecule has 2 heterocycles. The van der Waals surface area contributed by atoms with Crippen LogP contribution >= 0.6 is 0 Å². The summed E-state index contributed by atoms with van der Waals surface area (Å²) in [6, 6.07) is 0.122. The second-order valence-electron chi connectivity index (χ2n) is 4.71. The Labute approximate surface area is 96.8 Å². The molecule has 1 aliphatic heterocycles. The third kappa shape index (κ3) is 2.44. The number of hydrogen-bond acceptors (Lipinski definition) is 3. The second-order valence-corrected chi connectivity index (χ2v) is 4.71. The van der Waals surface area contributed by atoms with E-state index < -0.39 is 0 Å². The van der Waals surface area contributed by atoms with Crippen molar-refractivity contribution in [3.8, 4) is 0 Å². The highest BCUT2D eigenvalue weighted by Crippen LogP contribution is 2.27. The van der Waals surface area contributed by atoms with Gasteiger partial charge < -0.3 is 10.5 Å². The number of ether oxygens (including phenoxy) is 1. The Balaban J connectivity index is 1.96. The van der Waals surface area contributed by atoms with Crippen molar-refractivity contribution >= 4 is 0 Å². The fourth-order valence-corrected chi connectivity index (χ4v) is 2.35. The monoisotopic (exact) mass is 223 g/mol. The Morgan fingerprint density at radius 3 is 2.81 bits per heavy atom. The fraction of sp³-hybridized carbons (Fsp3) is 0.750. The van der Waals surface area contributed by atoms with Crippen LogP contribution in [0.1, 0.15) is 36.6 Å². The van der Waals surface area contributed by atoms with Crippen molar-refractivity contribution in [1.82, 2.24) is 9.78 Å². The standard InChI is InChI=1S/C12H21N3O/c1-9-11(8-14-15(9)2)12(13)7-10-3-5-16-6-4-10/h8,10,12H,3-7,13H2,1-2H3. The molecule has 0 aromatic carbocycles. The Morgan fingerprint density at radius 1 is 1.56 bits per heavy atom. The van der Waals surface area contributed by atoms with Crippen LogP contribution in [0, 0.1) is 12.8 Å². The van der Waals surface area contributed by atoms with Crippen LogP contribution in [0.4, 0.5) is 0 Å². The van der Waals surface area contributed by atoms with Gasteiger partial charge in [-0.05, 0) is 32.1 Å². The molecule has 0 spiro atoms. The van der Waals surface area contributed by atoms with Crippen molar-refractivity contribution in [1.29, 1.82) is 0 Å². The van der Waals surface area contributed by atoms with Crippen molar-refractivity contribution < 1.29 is 4.74 Å². The maximum atomic E-state index is 6.25. The van der Waals surface area contributed by atoms with E-state index in [0.717, 1.165) is 32.5 Å². The van der Waals surface area contributed by atoms with Gasteiger partial charge in [0.15, 0.2) is 0 Å². The van der Waals surface area contributed by atoms with Gasteiger partial charge in [0, 0.05) is 37.6 Å². The maximum absolute atomic E-state index is 6.25. The molecule has 4 heteroatoms. The SMILES string of the molecule is Cc1c(C(N)CC2CCOCC2)cnn1C. The number of aryl methyl sites for hydroxylation is 1. The number of nitrogens with zero attached hydrogens (tertiary/aromatic N) is 2. The van der Waals surface area contributed by atoms with E-state index in [4.69, 9.17) is 10.5 Å². The van der Waals surface area contributed by atoms with Crippen molar-refractivity contribution in [3.63, 3.8) is 0 Å². The van der Waals surface area contributed by atoms with Gasteiger partial charge in [-0.15, -0.1) is 0 Å². The summed E-state index contributed by atoms with van der Waals surface area (Å²) in [5, 5.41) is 4.24.